The molecule has 5 heteroatoms. The van der Waals surface area contributed by atoms with Gasteiger partial charge in [-0.05, 0) is 31.7 Å². The topological polar surface area (TPSA) is 44.8 Å². The molecular weight excluding hydrogens is 266 g/mol. The zero-order chi connectivity index (χ0) is 15.2. The Kier molecular flexibility index (Phi) is 5.44. The summed E-state index contributed by atoms with van der Waals surface area (Å²) in [5.41, 5.74) is 2.34. The van der Waals surface area contributed by atoms with Gasteiger partial charge in [-0.3, -0.25) is 4.79 Å². The summed E-state index contributed by atoms with van der Waals surface area (Å²) in [6.07, 6.45) is 0. The lowest BCUT2D eigenvalue weighted by Crippen LogP contribution is -2.48. The molecule has 116 valence electrons. The molecule has 1 aromatic carbocycles. The maximum atomic E-state index is 11.4. The van der Waals surface area contributed by atoms with Crippen LogP contribution in [0.4, 0.5) is 5.69 Å². The van der Waals surface area contributed by atoms with E-state index in [1.807, 2.05) is 18.9 Å². The molecule has 2 rings (SSSR count). The highest BCUT2D eigenvalue weighted by Crippen LogP contribution is 2.30. The highest BCUT2D eigenvalue weighted by molar-refractivity contribution is 5.73. The summed E-state index contributed by atoms with van der Waals surface area (Å²) in [6.45, 7) is 8.38. The number of nitrogens with zero attached hydrogens (tertiary/aromatic N) is 2. The van der Waals surface area contributed by atoms with Gasteiger partial charge in [0.15, 0.2) is 0 Å². The van der Waals surface area contributed by atoms with Crippen LogP contribution in [0.25, 0.3) is 0 Å². The standard InChI is InChI=1S/C16H25N3O2/c1-4-21-16-11-14(12-17-3)5-6-15(16)19-9-7-18(8-10-19)13(2)20/h5-6,11,17H,4,7-10,12H2,1-3H3. The largest absolute Gasteiger partial charge is 0.492 e. The van der Waals surface area contributed by atoms with Crippen molar-refractivity contribution in [2.75, 3.05) is 44.7 Å². The number of carbonyl (C=O) groups excluding carboxylic acids is 1. The predicted molar refractivity (Wildman–Crippen MR) is 84.8 cm³/mol. The fourth-order valence-electron chi connectivity index (χ4n) is 2.67. The Morgan fingerprint density at radius 2 is 2.00 bits per heavy atom. The van der Waals surface area contributed by atoms with Crippen LogP contribution in [0.1, 0.15) is 19.4 Å². The molecule has 5 nitrogen and oxygen atoms in total. The minimum absolute atomic E-state index is 0.157. The predicted octanol–water partition coefficient (Wildman–Crippen LogP) is 1.47. The van der Waals surface area contributed by atoms with E-state index in [0.717, 1.165) is 44.2 Å². The van der Waals surface area contributed by atoms with Gasteiger partial charge in [-0.15, -0.1) is 0 Å². The maximum absolute atomic E-state index is 11.4. The molecule has 0 saturated carbocycles. The average Bonchev–Trinajstić information content (AvgIpc) is 2.48. The van der Waals surface area contributed by atoms with Gasteiger partial charge in [0.2, 0.25) is 5.91 Å². The first-order valence-electron chi connectivity index (χ1n) is 7.56. The van der Waals surface area contributed by atoms with Crippen molar-refractivity contribution in [1.82, 2.24) is 10.2 Å². The molecule has 21 heavy (non-hydrogen) atoms. The Morgan fingerprint density at radius 1 is 1.29 bits per heavy atom. The van der Waals surface area contributed by atoms with E-state index in [9.17, 15) is 4.79 Å². The van der Waals surface area contributed by atoms with Gasteiger partial charge in [-0.25, -0.2) is 0 Å². The monoisotopic (exact) mass is 291 g/mol. The van der Waals surface area contributed by atoms with Gasteiger partial charge in [-0.2, -0.15) is 0 Å². The van der Waals surface area contributed by atoms with Gasteiger partial charge in [0, 0.05) is 39.6 Å². The number of rotatable bonds is 5. The van der Waals surface area contributed by atoms with Crippen LogP contribution in [0, 0.1) is 0 Å². The molecule has 1 amide bonds. The van der Waals surface area contributed by atoms with Crippen molar-refractivity contribution >= 4 is 11.6 Å². The smallest absolute Gasteiger partial charge is 0.219 e. The van der Waals surface area contributed by atoms with Gasteiger partial charge in [0.05, 0.1) is 12.3 Å². The average molecular weight is 291 g/mol. The Morgan fingerprint density at radius 3 is 2.57 bits per heavy atom. The van der Waals surface area contributed by atoms with Crippen molar-refractivity contribution < 1.29 is 9.53 Å². The number of ether oxygens (including phenoxy) is 1. The van der Waals surface area contributed by atoms with Gasteiger partial charge in [0.1, 0.15) is 5.75 Å². The summed E-state index contributed by atoms with van der Waals surface area (Å²) >= 11 is 0. The van der Waals surface area contributed by atoms with E-state index >= 15 is 0 Å². The first-order chi connectivity index (χ1) is 10.2. The molecule has 1 fully saturated rings. The van der Waals surface area contributed by atoms with Crippen LogP contribution in [0.2, 0.25) is 0 Å². The van der Waals surface area contributed by atoms with Crippen LogP contribution in [-0.4, -0.2) is 50.6 Å². The molecule has 1 heterocycles. The molecule has 0 spiro atoms. The van der Waals surface area contributed by atoms with Gasteiger partial charge in [0.25, 0.3) is 0 Å². The number of amides is 1. The summed E-state index contributed by atoms with van der Waals surface area (Å²) in [6, 6.07) is 6.36. The third-order valence-electron chi connectivity index (χ3n) is 3.77. The number of nitrogens with one attached hydrogen (secondary N) is 1. The number of anilines is 1. The summed E-state index contributed by atoms with van der Waals surface area (Å²) in [4.78, 5) is 15.6. The highest BCUT2D eigenvalue weighted by atomic mass is 16.5. The zero-order valence-corrected chi connectivity index (χ0v) is 13.2. The highest BCUT2D eigenvalue weighted by Gasteiger charge is 2.21. The van der Waals surface area contributed by atoms with Crippen LogP contribution in [0.5, 0.6) is 5.75 Å². The Bertz CT molecular complexity index is 482. The molecule has 0 unspecified atom stereocenters. The second kappa shape index (κ2) is 7.31. The number of carbonyl (C=O) groups is 1. The van der Waals surface area contributed by atoms with E-state index < -0.39 is 0 Å². The molecule has 1 N–H and O–H groups in total. The number of hydrogen-bond acceptors (Lipinski definition) is 4. The van der Waals surface area contributed by atoms with E-state index in [0.29, 0.717) is 6.61 Å². The van der Waals surface area contributed by atoms with E-state index in [1.165, 1.54) is 5.56 Å². The second-order valence-electron chi connectivity index (χ2n) is 5.26. The molecule has 0 aliphatic carbocycles. The molecule has 0 atom stereocenters. The van der Waals surface area contributed by atoms with Gasteiger partial charge < -0.3 is 19.9 Å². The lowest BCUT2D eigenvalue weighted by Gasteiger charge is -2.36. The molecule has 1 aliphatic heterocycles. The summed E-state index contributed by atoms with van der Waals surface area (Å²) < 4.78 is 5.80. The molecule has 0 radical (unpaired) electrons. The van der Waals surface area contributed by atoms with E-state index in [2.05, 4.69) is 28.4 Å². The molecule has 0 aromatic heterocycles. The third kappa shape index (κ3) is 3.88. The minimum Gasteiger partial charge on any atom is -0.492 e. The van der Waals surface area contributed by atoms with Crippen molar-refractivity contribution in [2.24, 2.45) is 0 Å². The number of hydrogen-bond donors (Lipinski definition) is 1. The lowest BCUT2D eigenvalue weighted by molar-refractivity contribution is -0.129. The van der Waals surface area contributed by atoms with E-state index in [4.69, 9.17) is 4.74 Å². The first kappa shape index (κ1) is 15.6. The molecule has 0 bridgehead atoms. The summed E-state index contributed by atoms with van der Waals surface area (Å²) in [5, 5.41) is 3.16. The SMILES string of the molecule is CCOc1cc(CNC)ccc1N1CCN(C(C)=O)CC1. The number of piperazine rings is 1. The summed E-state index contributed by atoms with van der Waals surface area (Å²) in [5.74, 6) is 1.09. The van der Waals surface area contributed by atoms with Crippen molar-refractivity contribution in [3.05, 3.63) is 23.8 Å². The van der Waals surface area contributed by atoms with Crippen molar-refractivity contribution in [3.63, 3.8) is 0 Å². The fraction of sp³-hybridized carbons (Fsp3) is 0.562. The molecule has 1 aromatic rings. The van der Waals surface area contributed by atoms with Crippen LogP contribution in [0.15, 0.2) is 18.2 Å². The first-order valence-corrected chi connectivity index (χ1v) is 7.56. The maximum Gasteiger partial charge on any atom is 0.219 e. The normalized spacial score (nSPS) is 15.2. The van der Waals surface area contributed by atoms with Gasteiger partial charge in [-0.1, -0.05) is 6.07 Å². The lowest BCUT2D eigenvalue weighted by atomic mass is 10.1. The second-order valence-corrected chi connectivity index (χ2v) is 5.26. The van der Waals surface area contributed by atoms with Crippen molar-refractivity contribution in [3.8, 4) is 5.75 Å². The van der Waals surface area contributed by atoms with Crippen molar-refractivity contribution in [2.45, 2.75) is 20.4 Å². The van der Waals surface area contributed by atoms with Crippen LogP contribution in [-0.2, 0) is 11.3 Å². The Labute approximate surface area is 126 Å². The third-order valence-corrected chi connectivity index (χ3v) is 3.77. The van der Waals surface area contributed by atoms with Gasteiger partial charge >= 0.3 is 0 Å². The molecule has 1 saturated heterocycles. The Balaban J connectivity index is 2.13. The van der Waals surface area contributed by atoms with Crippen LogP contribution in [0.3, 0.4) is 0 Å². The molecular formula is C16H25N3O2. The zero-order valence-electron chi connectivity index (χ0n) is 13.2. The minimum atomic E-state index is 0.157. The quantitative estimate of drug-likeness (QED) is 0.892. The summed E-state index contributed by atoms with van der Waals surface area (Å²) in [7, 11) is 1.94. The number of benzene rings is 1. The Hall–Kier alpha value is -1.75. The molecule has 1 aliphatic rings. The van der Waals surface area contributed by atoms with Crippen LogP contribution < -0.4 is 15.0 Å². The van der Waals surface area contributed by atoms with E-state index in [-0.39, 0.29) is 5.91 Å². The van der Waals surface area contributed by atoms with E-state index in [1.54, 1.807) is 6.92 Å². The fourth-order valence-corrected chi connectivity index (χ4v) is 2.67. The van der Waals surface area contributed by atoms with Crippen LogP contribution >= 0.6 is 0 Å². The van der Waals surface area contributed by atoms with Crippen molar-refractivity contribution in [1.29, 1.82) is 0 Å².